The van der Waals surface area contributed by atoms with Crippen molar-refractivity contribution >= 4 is 27.8 Å². The maximum absolute atomic E-state index is 9.15. The van der Waals surface area contributed by atoms with E-state index in [1.165, 1.54) is 16.9 Å². The van der Waals surface area contributed by atoms with Crippen LogP contribution in [-0.2, 0) is 6.54 Å². The molecule has 164 valence electrons. The Bertz CT molecular complexity index is 1260. The van der Waals surface area contributed by atoms with Crippen LogP contribution in [0.3, 0.4) is 0 Å². The van der Waals surface area contributed by atoms with E-state index >= 15 is 0 Å². The summed E-state index contributed by atoms with van der Waals surface area (Å²) in [6, 6.07) is 27.4. The molecule has 1 N–H and O–H groups in total. The van der Waals surface area contributed by atoms with Gasteiger partial charge in [-0.05, 0) is 77.4 Å². The van der Waals surface area contributed by atoms with Gasteiger partial charge in [-0.25, -0.2) is 0 Å². The summed E-state index contributed by atoms with van der Waals surface area (Å²) in [5.41, 5.74) is 5.53. The van der Waals surface area contributed by atoms with Gasteiger partial charge >= 0.3 is 0 Å². The van der Waals surface area contributed by atoms with E-state index in [0.29, 0.717) is 5.56 Å². The Morgan fingerprint density at radius 2 is 1.45 bits per heavy atom. The molecule has 0 aliphatic carbocycles. The molecule has 33 heavy (non-hydrogen) atoms. The Kier molecular flexibility index (Phi) is 6.08. The molecule has 0 spiro atoms. The Balaban J connectivity index is 1.20. The molecule has 1 aromatic heterocycles. The number of nitrogens with one attached hydrogen (secondary N) is 1. The fraction of sp³-hybridized carbons (Fsp3) is 0.214. The van der Waals surface area contributed by atoms with E-state index in [0.717, 1.165) is 55.6 Å². The third-order valence-electron chi connectivity index (χ3n) is 6.29. The molecule has 5 rings (SSSR count). The highest BCUT2D eigenvalue weighted by molar-refractivity contribution is 5.84. The van der Waals surface area contributed by atoms with Crippen molar-refractivity contribution in [2.75, 3.05) is 41.3 Å². The lowest BCUT2D eigenvalue weighted by Crippen LogP contribution is -2.30. The second kappa shape index (κ2) is 9.62. The van der Waals surface area contributed by atoms with Crippen LogP contribution in [0, 0.1) is 11.3 Å². The minimum atomic E-state index is 0.695. The summed E-state index contributed by atoms with van der Waals surface area (Å²) in [7, 11) is 0. The van der Waals surface area contributed by atoms with Gasteiger partial charge in [0, 0.05) is 62.2 Å². The number of pyridine rings is 1. The van der Waals surface area contributed by atoms with E-state index in [4.69, 9.17) is 5.26 Å². The van der Waals surface area contributed by atoms with Crippen LogP contribution in [0.15, 0.2) is 85.2 Å². The van der Waals surface area contributed by atoms with Gasteiger partial charge in [0.25, 0.3) is 0 Å². The normalized spacial score (nSPS) is 14.0. The molecule has 0 bridgehead atoms. The van der Waals surface area contributed by atoms with Crippen LogP contribution in [-0.4, -0.2) is 31.2 Å². The smallest absolute Gasteiger partial charge is 0.0991 e. The fourth-order valence-corrected chi connectivity index (χ4v) is 4.46. The van der Waals surface area contributed by atoms with Crippen LogP contribution < -0.4 is 15.1 Å². The lowest BCUT2D eigenvalue weighted by molar-refractivity contribution is 0.806. The van der Waals surface area contributed by atoms with Crippen molar-refractivity contribution in [2.45, 2.75) is 13.0 Å². The molecule has 5 nitrogen and oxygen atoms in total. The number of nitrogens with zero attached hydrogens (tertiary/aromatic N) is 4. The highest BCUT2D eigenvalue weighted by Gasteiger charge is 2.15. The van der Waals surface area contributed by atoms with Crippen LogP contribution in [0.4, 0.5) is 17.1 Å². The van der Waals surface area contributed by atoms with Gasteiger partial charge in [0.2, 0.25) is 0 Å². The van der Waals surface area contributed by atoms with Gasteiger partial charge in [-0.15, -0.1) is 0 Å². The zero-order valence-corrected chi connectivity index (χ0v) is 18.6. The zero-order valence-electron chi connectivity index (χ0n) is 18.6. The molecule has 1 fully saturated rings. The summed E-state index contributed by atoms with van der Waals surface area (Å²) in [5, 5.41) is 14.9. The Labute approximate surface area is 194 Å². The second-order valence-electron chi connectivity index (χ2n) is 8.44. The third kappa shape index (κ3) is 4.91. The van der Waals surface area contributed by atoms with Gasteiger partial charge in [0.05, 0.1) is 11.6 Å². The van der Waals surface area contributed by atoms with Crippen molar-refractivity contribution in [3.8, 4) is 6.07 Å². The molecule has 0 atom stereocenters. The average molecular weight is 434 g/mol. The first-order valence-electron chi connectivity index (χ1n) is 11.5. The summed E-state index contributed by atoms with van der Waals surface area (Å²) in [5.74, 6) is 0. The third-order valence-corrected chi connectivity index (χ3v) is 6.29. The highest BCUT2D eigenvalue weighted by Crippen LogP contribution is 2.23. The van der Waals surface area contributed by atoms with Crippen molar-refractivity contribution in [1.29, 1.82) is 5.26 Å². The molecule has 0 unspecified atom stereocenters. The van der Waals surface area contributed by atoms with Crippen LogP contribution in [0.1, 0.15) is 17.5 Å². The van der Waals surface area contributed by atoms with Gasteiger partial charge in [-0.1, -0.05) is 18.2 Å². The number of hydrogen-bond donors (Lipinski definition) is 1. The summed E-state index contributed by atoms with van der Waals surface area (Å²) in [6.07, 6.45) is 4.87. The number of nitriles is 1. The monoisotopic (exact) mass is 433 g/mol. The molecule has 1 saturated heterocycles. The lowest BCUT2D eigenvalue weighted by Gasteiger charge is -2.25. The number of anilines is 3. The Morgan fingerprint density at radius 3 is 2.18 bits per heavy atom. The summed E-state index contributed by atoms with van der Waals surface area (Å²) in [4.78, 5) is 9.05. The summed E-state index contributed by atoms with van der Waals surface area (Å²) < 4.78 is 0. The van der Waals surface area contributed by atoms with Crippen molar-refractivity contribution < 1.29 is 0 Å². The van der Waals surface area contributed by atoms with Crippen LogP contribution in [0.25, 0.3) is 10.8 Å². The van der Waals surface area contributed by atoms with E-state index in [1.54, 1.807) is 0 Å². The van der Waals surface area contributed by atoms with E-state index in [-0.39, 0.29) is 0 Å². The predicted molar refractivity (Wildman–Crippen MR) is 136 cm³/mol. The minimum absolute atomic E-state index is 0.695. The Morgan fingerprint density at radius 1 is 0.758 bits per heavy atom. The van der Waals surface area contributed by atoms with Gasteiger partial charge in [0.1, 0.15) is 0 Å². The van der Waals surface area contributed by atoms with Gasteiger partial charge < -0.3 is 15.1 Å². The molecule has 0 amide bonds. The van der Waals surface area contributed by atoms with E-state index < -0.39 is 0 Å². The number of benzene rings is 3. The molecule has 1 aliphatic heterocycles. The Hall–Kier alpha value is -4.04. The number of fused-ring (bicyclic) bond motifs is 1. The molecule has 0 saturated carbocycles. The molecule has 5 heteroatoms. The first kappa shape index (κ1) is 20.8. The van der Waals surface area contributed by atoms with E-state index in [2.05, 4.69) is 80.8 Å². The van der Waals surface area contributed by atoms with Crippen LogP contribution in [0.5, 0.6) is 0 Å². The van der Waals surface area contributed by atoms with Crippen molar-refractivity contribution in [3.05, 3.63) is 96.3 Å². The van der Waals surface area contributed by atoms with E-state index in [1.807, 2.05) is 30.6 Å². The maximum Gasteiger partial charge on any atom is 0.0991 e. The maximum atomic E-state index is 9.15. The fourth-order valence-electron chi connectivity index (χ4n) is 4.46. The molecule has 0 radical (unpaired) electrons. The SMILES string of the molecule is N#Cc1ccc2ccc(CNc3ccc(N4CCCN(c5ccncc5)CC4)cc3)cc2c1. The van der Waals surface area contributed by atoms with E-state index in [9.17, 15) is 0 Å². The predicted octanol–water partition coefficient (Wildman–Crippen LogP) is 5.44. The van der Waals surface area contributed by atoms with Gasteiger partial charge in [0.15, 0.2) is 0 Å². The summed E-state index contributed by atoms with van der Waals surface area (Å²) >= 11 is 0. The quantitative estimate of drug-likeness (QED) is 0.454. The number of aromatic nitrogens is 1. The molecular formula is C28H27N5. The molecular weight excluding hydrogens is 406 g/mol. The second-order valence-corrected chi connectivity index (χ2v) is 8.44. The first-order chi connectivity index (χ1) is 16.3. The topological polar surface area (TPSA) is 55.2 Å². The van der Waals surface area contributed by atoms with Crippen LogP contribution >= 0.6 is 0 Å². The minimum Gasteiger partial charge on any atom is -0.381 e. The molecule has 2 heterocycles. The molecule has 1 aliphatic rings. The van der Waals surface area contributed by atoms with Gasteiger partial charge in [-0.3, -0.25) is 4.98 Å². The first-order valence-corrected chi connectivity index (χ1v) is 11.5. The number of rotatable bonds is 5. The highest BCUT2D eigenvalue weighted by atomic mass is 15.2. The molecule has 3 aromatic carbocycles. The summed E-state index contributed by atoms with van der Waals surface area (Å²) in [6.45, 7) is 4.91. The lowest BCUT2D eigenvalue weighted by atomic mass is 10.0. The van der Waals surface area contributed by atoms with Crippen molar-refractivity contribution in [3.63, 3.8) is 0 Å². The standard InChI is InChI=1S/C28H27N5/c29-20-22-2-4-24-5-3-23(19-25(24)18-22)21-31-26-6-8-27(9-7-26)32-14-1-15-33(17-16-32)28-10-12-30-13-11-28/h2-13,18-19,31H,1,14-17,21H2. The van der Waals surface area contributed by atoms with Gasteiger partial charge in [-0.2, -0.15) is 5.26 Å². The van der Waals surface area contributed by atoms with Crippen molar-refractivity contribution in [2.24, 2.45) is 0 Å². The average Bonchev–Trinajstić information content (AvgIpc) is 3.14. The van der Waals surface area contributed by atoms with Crippen molar-refractivity contribution in [1.82, 2.24) is 4.98 Å². The number of hydrogen-bond acceptors (Lipinski definition) is 5. The van der Waals surface area contributed by atoms with Crippen LogP contribution in [0.2, 0.25) is 0 Å². The zero-order chi connectivity index (χ0) is 22.5. The molecule has 4 aromatic rings. The largest absolute Gasteiger partial charge is 0.381 e.